The van der Waals surface area contributed by atoms with E-state index in [-0.39, 0.29) is 24.8 Å². The Morgan fingerprint density at radius 2 is 0.968 bits per heavy atom. The van der Waals surface area contributed by atoms with E-state index in [1.807, 2.05) is 7.76 Å². The summed E-state index contributed by atoms with van der Waals surface area (Å²) in [4.78, 5) is 0. The second-order valence-corrected chi connectivity index (χ2v) is 16.7. The van der Waals surface area contributed by atoms with Gasteiger partial charge in [0, 0.05) is 0 Å². The van der Waals surface area contributed by atoms with Gasteiger partial charge < -0.3 is 24.8 Å². The Morgan fingerprint density at radius 1 is 0.581 bits per heavy atom. The first-order chi connectivity index (χ1) is 14.3. The molecule has 0 atom stereocenters. The molecule has 0 aromatic heterocycles. The van der Waals surface area contributed by atoms with Gasteiger partial charge >= 0.3 is 186 Å². The summed E-state index contributed by atoms with van der Waals surface area (Å²) in [5.41, 5.74) is 3.60. The predicted molar refractivity (Wildman–Crippen MR) is 127 cm³/mol. The first-order valence-electron chi connectivity index (χ1n) is 13.1. The molecule has 0 radical (unpaired) electrons. The maximum absolute atomic E-state index is 2.53. The van der Waals surface area contributed by atoms with E-state index < -0.39 is 16.6 Å². The Morgan fingerprint density at radius 3 is 1.35 bits per heavy atom. The summed E-state index contributed by atoms with van der Waals surface area (Å²) >= 11 is -1.84. The molecule has 31 heavy (non-hydrogen) atoms. The Bertz CT molecular complexity index is 585. The zero-order valence-electron chi connectivity index (χ0n) is 20.3. The SMILES string of the molecule is CCCCCCCCC1=[C]([Ti+2]2([C]3=C(CCCCCCCC)C=CC3)[CH2][CH2]2)CC=C1.[Cl-].[Cl-]. The molecule has 0 bridgehead atoms. The summed E-state index contributed by atoms with van der Waals surface area (Å²) in [7, 11) is 0. The smallest absolute Gasteiger partial charge is 1.00 e. The molecule has 176 valence electrons. The molecular formula is C28H46Cl2Ti. The van der Waals surface area contributed by atoms with Crippen LogP contribution >= 0.6 is 0 Å². The largest absolute Gasteiger partial charge is 1.00 e. The molecule has 1 aliphatic heterocycles. The first-order valence-corrected chi connectivity index (χ1v) is 16.9. The molecule has 0 nitrogen and oxygen atoms in total. The number of halogens is 2. The van der Waals surface area contributed by atoms with Crippen LogP contribution in [0.3, 0.4) is 0 Å². The van der Waals surface area contributed by atoms with Gasteiger partial charge in [0.1, 0.15) is 0 Å². The Labute approximate surface area is 209 Å². The number of allylic oxidation sites excluding steroid dienone is 8. The van der Waals surface area contributed by atoms with Crippen molar-refractivity contribution in [2.24, 2.45) is 0 Å². The number of rotatable bonds is 16. The molecular weight excluding hydrogens is 455 g/mol. The summed E-state index contributed by atoms with van der Waals surface area (Å²) < 4.78 is 7.23. The fraction of sp³-hybridized carbons (Fsp3) is 0.714. The van der Waals surface area contributed by atoms with Crippen LogP contribution in [-0.2, 0) is 16.6 Å². The van der Waals surface area contributed by atoms with Gasteiger partial charge in [0.15, 0.2) is 0 Å². The van der Waals surface area contributed by atoms with Gasteiger partial charge in [0.05, 0.1) is 0 Å². The van der Waals surface area contributed by atoms with E-state index in [2.05, 4.69) is 38.2 Å². The van der Waals surface area contributed by atoms with Crippen LogP contribution in [0.2, 0.25) is 9.45 Å². The van der Waals surface area contributed by atoms with Crippen molar-refractivity contribution < 1.29 is 41.4 Å². The van der Waals surface area contributed by atoms with Crippen LogP contribution in [0, 0.1) is 0 Å². The zero-order chi connectivity index (χ0) is 20.4. The topological polar surface area (TPSA) is 0 Å². The Balaban J connectivity index is 0.00000240. The van der Waals surface area contributed by atoms with E-state index in [0.29, 0.717) is 0 Å². The van der Waals surface area contributed by atoms with Crippen molar-refractivity contribution in [3.05, 3.63) is 43.2 Å². The maximum Gasteiger partial charge on any atom is -1.00 e. The second kappa shape index (κ2) is 16.0. The third-order valence-corrected chi connectivity index (χ3v) is 15.2. The van der Waals surface area contributed by atoms with Gasteiger partial charge in [-0.25, -0.2) is 0 Å². The minimum absolute atomic E-state index is 0. The van der Waals surface area contributed by atoms with Crippen LogP contribution in [0.25, 0.3) is 0 Å². The van der Waals surface area contributed by atoms with E-state index in [9.17, 15) is 0 Å². The van der Waals surface area contributed by atoms with Crippen molar-refractivity contribution in [1.29, 1.82) is 0 Å². The Kier molecular flexibility index (Phi) is 15.1. The maximum atomic E-state index is 2.53. The van der Waals surface area contributed by atoms with Crippen LogP contribution in [0.15, 0.2) is 43.2 Å². The van der Waals surface area contributed by atoms with Crippen LogP contribution < -0.4 is 24.8 Å². The summed E-state index contributed by atoms with van der Waals surface area (Å²) in [6, 6.07) is 0. The van der Waals surface area contributed by atoms with Gasteiger partial charge in [-0.2, -0.15) is 0 Å². The molecule has 0 saturated carbocycles. The van der Waals surface area contributed by atoms with Gasteiger partial charge in [0.2, 0.25) is 0 Å². The molecule has 3 aliphatic rings. The second-order valence-electron chi connectivity index (χ2n) is 9.84. The molecule has 1 saturated heterocycles. The van der Waals surface area contributed by atoms with Gasteiger partial charge in [-0.1, -0.05) is 0 Å². The molecule has 3 heteroatoms. The van der Waals surface area contributed by atoms with E-state index in [1.54, 1.807) is 20.6 Å². The van der Waals surface area contributed by atoms with Crippen LogP contribution in [0.1, 0.15) is 117 Å². The molecule has 1 heterocycles. The summed E-state index contributed by atoms with van der Waals surface area (Å²) in [5.74, 6) is 0. The molecule has 0 N–H and O–H groups in total. The van der Waals surface area contributed by atoms with Crippen molar-refractivity contribution in [1.82, 2.24) is 0 Å². The minimum Gasteiger partial charge on any atom is -1.00 e. The van der Waals surface area contributed by atoms with Crippen molar-refractivity contribution >= 4 is 0 Å². The molecule has 0 spiro atoms. The minimum atomic E-state index is -1.84. The molecule has 0 unspecified atom stereocenters. The average molecular weight is 501 g/mol. The quantitative estimate of drug-likeness (QED) is 0.222. The summed E-state index contributed by atoms with van der Waals surface area (Å²) in [5, 5.41) is 0. The third-order valence-electron chi connectivity index (χ3n) is 7.56. The van der Waals surface area contributed by atoms with Crippen LogP contribution in [-0.4, -0.2) is 0 Å². The predicted octanol–water partition coefficient (Wildman–Crippen LogP) is 3.93. The van der Waals surface area contributed by atoms with Crippen LogP contribution in [0.5, 0.6) is 0 Å². The molecule has 2 aliphatic carbocycles. The van der Waals surface area contributed by atoms with E-state index in [4.69, 9.17) is 0 Å². The summed E-state index contributed by atoms with van der Waals surface area (Å²) in [6.07, 6.45) is 32.5. The van der Waals surface area contributed by atoms with Gasteiger partial charge in [-0.05, 0) is 0 Å². The fourth-order valence-corrected chi connectivity index (χ4v) is 14.3. The van der Waals surface area contributed by atoms with E-state index in [1.165, 1.54) is 103 Å². The number of hydrogen-bond donors (Lipinski definition) is 0. The molecule has 3 rings (SSSR count). The van der Waals surface area contributed by atoms with Crippen molar-refractivity contribution in [3.8, 4) is 0 Å². The van der Waals surface area contributed by atoms with Gasteiger partial charge in [0.25, 0.3) is 0 Å². The molecule has 1 fully saturated rings. The number of hydrogen-bond acceptors (Lipinski definition) is 0. The molecule has 0 aromatic carbocycles. The van der Waals surface area contributed by atoms with Crippen molar-refractivity contribution in [3.63, 3.8) is 0 Å². The zero-order valence-corrected chi connectivity index (χ0v) is 23.4. The van der Waals surface area contributed by atoms with Gasteiger partial charge in [-0.15, -0.1) is 0 Å². The fourth-order valence-electron chi connectivity index (χ4n) is 5.68. The Hall–Kier alpha value is 0.254. The van der Waals surface area contributed by atoms with Crippen molar-refractivity contribution in [2.45, 2.75) is 126 Å². The van der Waals surface area contributed by atoms with E-state index in [0.717, 1.165) is 0 Å². The summed E-state index contributed by atoms with van der Waals surface area (Å²) in [6.45, 7) is 4.63. The molecule has 0 aromatic rings. The number of unbranched alkanes of at least 4 members (excludes halogenated alkanes) is 10. The standard InChI is InChI=1S/2C13H21.C2H4.2ClH.Ti/c2*1-2-3-4-5-6-7-10-13-11-8-9-12-13;1-2;;;/h2*8,11H,2-7,9-10H2,1H3;1-2H2;2*1H;/q;;;;;+2/p-2. The first kappa shape index (κ1) is 29.3. The monoisotopic (exact) mass is 500 g/mol. The van der Waals surface area contributed by atoms with E-state index >= 15 is 0 Å². The normalized spacial score (nSPS) is 17.5. The van der Waals surface area contributed by atoms with Crippen LogP contribution in [0.4, 0.5) is 0 Å². The average Bonchev–Trinajstić information content (AvgIpc) is 3.15. The van der Waals surface area contributed by atoms with Gasteiger partial charge in [-0.3, -0.25) is 0 Å². The van der Waals surface area contributed by atoms with Crippen molar-refractivity contribution in [2.75, 3.05) is 0 Å². The third kappa shape index (κ3) is 8.52. The molecule has 0 amide bonds.